The van der Waals surface area contributed by atoms with Crippen molar-refractivity contribution >= 4 is 0 Å². The summed E-state index contributed by atoms with van der Waals surface area (Å²) in [6.07, 6.45) is 2.65. The van der Waals surface area contributed by atoms with Crippen LogP contribution in [-0.2, 0) is 0 Å². The molecular weight excluding hydrogens is 124 g/mol. The first-order chi connectivity index (χ1) is 4.72. The largest absolute Gasteiger partial charge is 0.353 e. The number of rotatable bonds is 5. The van der Waals surface area contributed by atoms with Gasteiger partial charge < -0.3 is 10.6 Å². The molecule has 0 spiro atoms. The Kier molecular flexibility index (Phi) is 5.64. The molecule has 0 aromatic rings. The Balaban J connectivity index is 3.31. The zero-order chi connectivity index (χ0) is 7.98. The molecule has 0 aliphatic rings. The molecule has 0 saturated carbocycles. The fourth-order valence-electron chi connectivity index (χ4n) is 0.948. The lowest BCUT2D eigenvalue weighted by molar-refractivity contribution is -0.910. The summed E-state index contributed by atoms with van der Waals surface area (Å²) in [5, 5.41) is 0. The standard InChI is InChI=1S/C8H20N2/c1-4-5-6-10(3)8(2)7-9/h8H,4-7,9H2,1-3H3/p+2/t8-/m0/s1. The Morgan fingerprint density at radius 2 is 2.10 bits per heavy atom. The average molecular weight is 146 g/mol. The summed E-state index contributed by atoms with van der Waals surface area (Å²) in [7, 11) is 2.26. The highest BCUT2D eigenvalue weighted by Gasteiger charge is 2.10. The highest BCUT2D eigenvalue weighted by atomic mass is 15.1. The highest BCUT2D eigenvalue weighted by molar-refractivity contribution is 4.39. The second-order valence-electron chi connectivity index (χ2n) is 3.14. The molecule has 10 heavy (non-hydrogen) atoms. The van der Waals surface area contributed by atoms with E-state index >= 15 is 0 Å². The van der Waals surface area contributed by atoms with Crippen molar-refractivity contribution in [2.24, 2.45) is 0 Å². The summed E-state index contributed by atoms with van der Waals surface area (Å²) in [6.45, 7) is 6.85. The first kappa shape index (κ1) is 9.92. The van der Waals surface area contributed by atoms with Crippen LogP contribution in [-0.4, -0.2) is 26.2 Å². The van der Waals surface area contributed by atoms with E-state index in [0.29, 0.717) is 0 Å². The van der Waals surface area contributed by atoms with Crippen LogP contribution in [0.4, 0.5) is 0 Å². The van der Waals surface area contributed by atoms with E-state index in [1.54, 1.807) is 4.90 Å². The molecule has 2 atom stereocenters. The lowest BCUT2D eigenvalue weighted by atomic mass is 10.2. The number of quaternary nitrogens is 2. The summed E-state index contributed by atoms with van der Waals surface area (Å²) in [5.74, 6) is 0. The van der Waals surface area contributed by atoms with Crippen LogP contribution in [0.2, 0.25) is 0 Å². The van der Waals surface area contributed by atoms with E-state index in [9.17, 15) is 0 Å². The predicted octanol–water partition coefficient (Wildman–Crippen LogP) is -1.07. The Bertz CT molecular complexity index is 73.7. The highest BCUT2D eigenvalue weighted by Crippen LogP contribution is 1.79. The number of likely N-dealkylation sites (N-methyl/N-ethyl adjacent to an activating group) is 1. The molecule has 0 aromatic carbocycles. The van der Waals surface area contributed by atoms with Gasteiger partial charge in [-0.05, 0) is 13.3 Å². The van der Waals surface area contributed by atoms with E-state index in [1.807, 2.05) is 0 Å². The molecule has 62 valence electrons. The SMILES string of the molecule is CCCC[NH+](C)[C@@H](C)C[NH3+]. The third kappa shape index (κ3) is 3.85. The summed E-state index contributed by atoms with van der Waals surface area (Å²) in [6, 6.07) is 0.728. The van der Waals surface area contributed by atoms with Crippen LogP contribution in [0.5, 0.6) is 0 Å². The minimum atomic E-state index is 0.728. The normalized spacial score (nSPS) is 16.8. The molecule has 1 unspecified atom stereocenters. The van der Waals surface area contributed by atoms with Gasteiger partial charge in [-0.15, -0.1) is 0 Å². The summed E-state index contributed by atoms with van der Waals surface area (Å²) < 4.78 is 0. The topological polar surface area (TPSA) is 32.1 Å². The maximum Gasteiger partial charge on any atom is 0.134 e. The van der Waals surface area contributed by atoms with Crippen LogP contribution >= 0.6 is 0 Å². The monoisotopic (exact) mass is 146 g/mol. The molecule has 0 rings (SSSR count). The first-order valence-electron chi connectivity index (χ1n) is 4.33. The molecule has 2 heteroatoms. The number of nitrogens with one attached hydrogen (secondary N) is 1. The fraction of sp³-hybridized carbons (Fsp3) is 1.00. The number of hydrogen-bond donors (Lipinski definition) is 2. The van der Waals surface area contributed by atoms with Crippen molar-refractivity contribution in [2.45, 2.75) is 32.7 Å². The Morgan fingerprint density at radius 3 is 2.50 bits per heavy atom. The third-order valence-electron chi connectivity index (χ3n) is 2.20. The van der Waals surface area contributed by atoms with Crippen LogP contribution in [0.15, 0.2) is 0 Å². The molecule has 0 aromatic heterocycles. The van der Waals surface area contributed by atoms with Gasteiger partial charge in [0.2, 0.25) is 0 Å². The van der Waals surface area contributed by atoms with Gasteiger partial charge in [0.1, 0.15) is 12.6 Å². The van der Waals surface area contributed by atoms with Gasteiger partial charge in [-0.3, -0.25) is 0 Å². The molecule has 0 amide bonds. The first-order valence-corrected chi connectivity index (χ1v) is 4.33. The molecule has 0 heterocycles. The van der Waals surface area contributed by atoms with Crippen LogP contribution in [0.25, 0.3) is 0 Å². The molecule has 0 fully saturated rings. The van der Waals surface area contributed by atoms with Gasteiger partial charge in [0.15, 0.2) is 0 Å². The quantitative estimate of drug-likeness (QED) is 0.495. The van der Waals surface area contributed by atoms with Gasteiger partial charge in [-0.25, -0.2) is 0 Å². The summed E-state index contributed by atoms with van der Waals surface area (Å²) >= 11 is 0. The minimum absolute atomic E-state index is 0.728. The Labute approximate surface area is 64.4 Å². The van der Waals surface area contributed by atoms with Gasteiger partial charge in [-0.1, -0.05) is 13.3 Å². The fourth-order valence-corrected chi connectivity index (χ4v) is 0.948. The smallest absolute Gasteiger partial charge is 0.134 e. The average Bonchev–Trinajstić information content (AvgIpc) is 1.98. The van der Waals surface area contributed by atoms with Gasteiger partial charge in [0.25, 0.3) is 0 Å². The molecular formula is C8H22N2+2. The van der Waals surface area contributed by atoms with Crippen LogP contribution in [0.1, 0.15) is 26.7 Å². The van der Waals surface area contributed by atoms with E-state index in [1.165, 1.54) is 19.4 Å². The van der Waals surface area contributed by atoms with Crippen molar-refractivity contribution in [3.8, 4) is 0 Å². The molecule has 0 radical (unpaired) electrons. The zero-order valence-electron chi connectivity index (χ0n) is 7.61. The van der Waals surface area contributed by atoms with Crippen molar-refractivity contribution < 1.29 is 10.6 Å². The Hall–Kier alpha value is -0.0800. The van der Waals surface area contributed by atoms with Crippen LogP contribution in [0.3, 0.4) is 0 Å². The van der Waals surface area contributed by atoms with Crippen LogP contribution < -0.4 is 10.6 Å². The van der Waals surface area contributed by atoms with E-state index in [-0.39, 0.29) is 0 Å². The number of unbranched alkanes of at least 4 members (excludes halogenated alkanes) is 1. The van der Waals surface area contributed by atoms with Gasteiger partial charge in [0.05, 0.1) is 13.6 Å². The van der Waals surface area contributed by atoms with Crippen LogP contribution in [0, 0.1) is 0 Å². The lowest BCUT2D eigenvalue weighted by Crippen LogP contribution is -3.14. The van der Waals surface area contributed by atoms with Gasteiger partial charge in [0, 0.05) is 0 Å². The zero-order valence-corrected chi connectivity index (χ0v) is 7.61. The second kappa shape index (κ2) is 5.69. The third-order valence-corrected chi connectivity index (χ3v) is 2.20. The predicted molar refractivity (Wildman–Crippen MR) is 43.9 cm³/mol. The van der Waals surface area contributed by atoms with Crippen molar-refractivity contribution in [3.63, 3.8) is 0 Å². The molecule has 0 aliphatic carbocycles. The Morgan fingerprint density at radius 1 is 1.50 bits per heavy atom. The molecule has 2 nitrogen and oxygen atoms in total. The second-order valence-corrected chi connectivity index (χ2v) is 3.14. The van der Waals surface area contributed by atoms with Crippen molar-refractivity contribution in [2.75, 3.05) is 20.1 Å². The molecule has 0 bridgehead atoms. The van der Waals surface area contributed by atoms with E-state index in [4.69, 9.17) is 0 Å². The maximum atomic E-state index is 3.89. The summed E-state index contributed by atoms with van der Waals surface area (Å²) in [5.41, 5.74) is 3.89. The van der Waals surface area contributed by atoms with Crippen molar-refractivity contribution in [1.82, 2.24) is 0 Å². The number of hydrogen-bond acceptors (Lipinski definition) is 0. The van der Waals surface area contributed by atoms with E-state index in [2.05, 4.69) is 26.6 Å². The van der Waals surface area contributed by atoms with Crippen molar-refractivity contribution in [3.05, 3.63) is 0 Å². The maximum absolute atomic E-state index is 3.89. The lowest BCUT2D eigenvalue weighted by Gasteiger charge is -2.18. The minimum Gasteiger partial charge on any atom is -0.353 e. The van der Waals surface area contributed by atoms with E-state index in [0.717, 1.165) is 12.6 Å². The van der Waals surface area contributed by atoms with Gasteiger partial charge >= 0.3 is 0 Å². The molecule has 0 aliphatic heterocycles. The van der Waals surface area contributed by atoms with Gasteiger partial charge in [-0.2, -0.15) is 0 Å². The molecule has 0 saturated heterocycles. The summed E-state index contributed by atoms with van der Waals surface area (Å²) in [4.78, 5) is 1.62. The van der Waals surface area contributed by atoms with E-state index < -0.39 is 0 Å². The molecule has 4 N–H and O–H groups in total. The van der Waals surface area contributed by atoms with Crippen molar-refractivity contribution in [1.29, 1.82) is 0 Å².